The van der Waals surface area contributed by atoms with Crippen molar-refractivity contribution in [3.63, 3.8) is 0 Å². The number of nitrogens with one attached hydrogen (secondary N) is 1. The average Bonchev–Trinajstić information content (AvgIpc) is 2.81. The summed E-state index contributed by atoms with van der Waals surface area (Å²) in [6.45, 7) is 1.96. The van der Waals surface area contributed by atoms with Crippen molar-refractivity contribution in [3.8, 4) is 17.2 Å². The molecule has 1 amide bonds. The minimum atomic E-state index is -0.667. The third-order valence-electron chi connectivity index (χ3n) is 2.45. The number of rotatable bonds is 3. The summed E-state index contributed by atoms with van der Waals surface area (Å²) in [7, 11) is 0. The molecule has 6 nitrogen and oxygen atoms in total. The second kappa shape index (κ2) is 5.62. The van der Waals surface area contributed by atoms with E-state index in [-0.39, 0.29) is 5.56 Å². The van der Waals surface area contributed by atoms with Crippen LogP contribution in [0.4, 0.5) is 0 Å². The van der Waals surface area contributed by atoms with Crippen molar-refractivity contribution in [1.82, 2.24) is 5.43 Å². The Bertz CT molecular complexity index is 656. The number of benzene rings is 1. The first-order valence-electron chi connectivity index (χ1n) is 5.62. The van der Waals surface area contributed by atoms with Gasteiger partial charge in [-0.05, 0) is 31.2 Å². The standard InChI is InChI=1S/C13H12N2O4S/c1-7-2-3-9(20-7)6-14-15-13(19)8-4-10(16)12(18)11(17)5-8/h2-6,16-18H,1H3,(H,15,19). The Morgan fingerprint density at radius 1 is 1.25 bits per heavy atom. The molecule has 0 bridgehead atoms. The molecule has 0 unspecified atom stereocenters. The van der Waals surface area contributed by atoms with Gasteiger partial charge in [0.2, 0.25) is 0 Å². The number of phenolic OH excluding ortho intramolecular Hbond substituents is 3. The van der Waals surface area contributed by atoms with E-state index in [4.69, 9.17) is 0 Å². The second-order valence-electron chi connectivity index (χ2n) is 4.01. The minimum Gasteiger partial charge on any atom is -0.504 e. The number of hydrogen-bond donors (Lipinski definition) is 4. The molecule has 1 aromatic carbocycles. The van der Waals surface area contributed by atoms with Gasteiger partial charge in [-0.2, -0.15) is 5.10 Å². The molecule has 0 fully saturated rings. The highest BCUT2D eigenvalue weighted by atomic mass is 32.1. The van der Waals surface area contributed by atoms with Crippen molar-refractivity contribution in [2.75, 3.05) is 0 Å². The molecular weight excluding hydrogens is 280 g/mol. The summed E-state index contributed by atoms with van der Waals surface area (Å²) in [6.07, 6.45) is 1.50. The van der Waals surface area contributed by atoms with E-state index in [0.29, 0.717) is 0 Å². The first-order chi connectivity index (χ1) is 9.47. The predicted octanol–water partition coefficient (Wildman–Crippen LogP) is 1.94. The van der Waals surface area contributed by atoms with Crippen LogP contribution in [-0.4, -0.2) is 27.4 Å². The Hall–Kier alpha value is -2.54. The van der Waals surface area contributed by atoms with Crippen LogP contribution in [0.2, 0.25) is 0 Å². The Morgan fingerprint density at radius 2 is 1.90 bits per heavy atom. The molecular formula is C13H12N2O4S. The van der Waals surface area contributed by atoms with Crippen molar-refractivity contribution in [3.05, 3.63) is 39.6 Å². The molecule has 0 saturated carbocycles. The molecule has 7 heteroatoms. The molecule has 104 valence electrons. The fraction of sp³-hybridized carbons (Fsp3) is 0.0769. The number of carbonyl (C=O) groups excluding carboxylic acids is 1. The molecule has 0 aliphatic carbocycles. The third-order valence-corrected chi connectivity index (χ3v) is 3.39. The Morgan fingerprint density at radius 3 is 2.45 bits per heavy atom. The largest absolute Gasteiger partial charge is 0.504 e. The maximum atomic E-state index is 11.7. The zero-order valence-electron chi connectivity index (χ0n) is 10.5. The van der Waals surface area contributed by atoms with Crippen LogP contribution < -0.4 is 5.43 Å². The number of thiophene rings is 1. The maximum absolute atomic E-state index is 11.7. The van der Waals surface area contributed by atoms with Crippen LogP contribution in [0.3, 0.4) is 0 Å². The summed E-state index contributed by atoms with van der Waals surface area (Å²) in [4.78, 5) is 13.7. The second-order valence-corrected chi connectivity index (χ2v) is 5.33. The fourth-order valence-electron chi connectivity index (χ4n) is 1.48. The van der Waals surface area contributed by atoms with E-state index in [2.05, 4.69) is 10.5 Å². The lowest BCUT2D eigenvalue weighted by Crippen LogP contribution is -2.17. The highest BCUT2D eigenvalue weighted by Crippen LogP contribution is 2.35. The van der Waals surface area contributed by atoms with Gasteiger partial charge in [0.1, 0.15) is 0 Å². The lowest BCUT2D eigenvalue weighted by Gasteiger charge is -2.04. The van der Waals surface area contributed by atoms with Crippen LogP contribution in [0.15, 0.2) is 29.4 Å². The Kier molecular flexibility index (Phi) is 3.90. The first kappa shape index (κ1) is 13.9. The number of carbonyl (C=O) groups is 1. The quantitative estimate of drug-likeness (QED) is 0.394. The van der Waals surface area contributed by atoms with E-state index >= 15 is 0 Å². The number of nitrogens with zero attached hydrogens (tertiary/aromatic N) is 1. The third kappa shape index (κ3) is 3.07. The zero-order chi connectivity index (χ0) is 14.7. The smallest absolute Gasteiger partial charge is 0.271 e. The topological polar surface area (TPSA) is 102 Å². The van der Waals surface area contributed by atoms with Gasteiger partial charge in [0.15, 0.2) is 17.2 Å². The highest BCUT2D eigenvalue weighted by Gasteiger charge is 2.12. The maximum Gasteiger partial charge on any atom is 0.271 e. The normalized spacial score (nSPS) is 10.8. The van der Waals surface area contributed by atoms with Crippen molar-refractivity contribution >= 4 is 23.5 Å². The molecule has 0 aliphatic heterocycles. The number of amides is 1. The SMILES string of the molecule is Cc1ccc(C=NNC(=O)c2cc(O)c(O)c(O)c2)s1. The van der Waals surface area contributed by atoms with E-state index in [9.17, 15) is 20.1 Å². The molecule has 0 aliphatic rings. The number of aromatic hydroxyl groups is 3. The van der Waals surface area contributed by atoms with Crippen LogP contribution in [0.5, 0.6) is 17.2 Å². The van der Waals surface area contributed by atoms with Gasteiger partial charge < -0.3 is 15.3 Å². The Balaban J connectivity index is 2.07. The van der Waals surface area contributed by atoms with Gasteiger partial charge in [-0.25, -0.2) is 5.43 Å². The van der Waals surface area contributed by atoms with Crippen molar-refractivity contribution in [2.45, 2.75) is 6.92 Å². The first-order valence-corrected chi connectivity index (χ1v) is 6.44. The average molecular weight is 292 g/mol. The van der Waals surface area contributed by atoms with E-state index in [1.54, 1.807) is 0 Å². The number of phenols is 3. The number of hydrazone groups is 1. The van der Waals surface area contributed by atoms with E-state index in [0.717, 1.165) is 21.9 Å². The molecule has 0 saturated heterocycles. The van der Waals surface area contributed by atoms with E-state index in [1.807, 2.05) is 19.1 Å². The van der Waals surface area contributed by atoms with Crippen LogP contribution in [0, 0.1) is 6.92 Å². The van der Waals surface area contributed by atoms with Gasteiger partial charge in [-0.1, -0.05) is 0 Å². The molecule has 1 aromatic heterocycles. The van der Waals surface area contributed by atoms with Gasteiger partial charge in [0.25, 0.3) is 5.91 Å². The van der Waals surface area contributed by atoms with Gasteiger partial charge >= 0.3 is 0 Å². The molecule has 0 atom stereocenters. The monoisotopic (exact) mass is 292 g/mol. The summed E-state index contributed by atoms with van der Waals surface area (Å²) in [5, 5.41) is 31.6. The molecule has 20 heavy (non-hydrogen) atoms. The van der Waals surface area contributed by atoms with Crippen molar-refractivity contribution < 1.29 is 20.1 Å². The molecule has 0 radical (unpaired) electrons. The summed E-state index contributed by atoms with van der Waals surface area (Å²) in [6, 6.07) is 5.88. The summed E-state index contributed by atoms with van der Waals surface area (Å²) < 4.78 is 0. The van der Waals surface area contributed by atoms with Crippen molar-refractivity contribution in [2.24, 2.45) is 5.10 Å². The lowest BCUT2D eigenvalue weighted by molar-refractivity contribution is 0.0954. The Labute approximate surface area is 118 Å². The minimum absolute atomic E-state index is 0.0164. The predicted molar refractivity (Wildman–Crippen MR) is 75.6 cm³/mol. The number of hydrogen-bond acceptors (Lipinski definition) is 6. The summed E-state index contributed by atoms with van der Waals surface area (Å²) in [5.74, 6) is -2.43. The zero-order valence-corrected chi connectivity index (χ0v) is 11.3. The van der Waals surface area contributed by atoms with Gasteiger partial charge in [-0.15, -0.1) is 11.3 Å². The van der Waals surface area contributed by atoms with E-state index in [1.165, 1.54) is 17.6 Å². The van der Waals surface area contributed by atoms with Crippen molar-refractivity contribution in [1.29, 1.82) is 0 Å². The lowest BCUT2D eigenvalue weighted by atomic mass is 10.2. The van der Waals surface area contributed by atoms with Gasteiger partial charge in [0, 0.05) is 15.3 Å². The molecule has 4 N–H and O–H groups in total. The van der Waals surface area contributed by atoms with Crippen LogP contribution in [-0.2, 0) is 0 Å². The van der Waals surface area contributed by atoms with Gasteiger partial charge in [-0.3, -0.25) is 4.79 Å². The molecule has 0 spiro atoms. The number of aryl methyl sites for hydroxylation is 1. The highest BCUT2D eigenvalue weighted by molar-refractivity contribution is 7.13. The molecule has 2 aromatic rings. The van der Waals surface area contributed by atoms with Crippen LogP contribution in [0.1, 0.15) is 20.1 Å². The fourth-order valence-corrected chi connectivity index (χ4v) is 2.23. The molecule has 2 rings (SSSR count). The summed E-state index contributed by atoms with van der Waals surface area (Å²) in [5.41, 5.74) is 2.25. The van der Waals surface area contributed by atoms with Crippen LogP contribution >= 0.6 is 11.3 Å². The molecule has 1 heterocycles. The van der Waals surface area contributed by atoms with Gasteiger partial charge in [0.05, 0.1) is 6.21 Å². The van der Waals surface area contributed by atoms with Crippen LogP contribution in [0.25, 0.3) is 0 Å². The summed E-state index contributed by atoms with van der Waals surface area (Å²) >= 11 is 1.53. The van der Waals surface area contributed by atoms with E-state index < -0.39 is 23.2 Å².